The van der Waals surface area contributed by atoms with E-state index in [0.717, 1.165) is 36.6 Å². The van der Waals surface area contributed by atoms with Crippen LogP contribution in [0.1, 0.15) is 22.5 Å². The number of carbonyl (C=O) groups excluding carboxylic acids is 1. The van der Waals surface area contributed by atoms with Crippen molar-refractivity contribution in [2.45, 2.75) is 24.3 Å². The van der Waals surface area contributed by atoms with Crippen LogP contribution in [0, 0.1) is 0 Å². The summed E-state index contributed by atoms with van der Waals surface area (Å²) in [5.41, 5.74) is 3.35. The third-order valence-corrected chi connectivity index (χ3v) is 4.06. The van der Waals surface area contributed by atoms with Gasteiger partial charge in [-0.05, 0) is 37.3 Å². The Morgan fingerprint density at radius 2 is 2.31 bits per heavy atom. The van der Waals surface area contributed by atoms with Gasteiger partial charge < -0.3 is 4.57 Å². The molecular formula is C13H13NOS. The molecule has 2 heterocycles. The summed E-state index contributed by atoms with van der Waals surface area (Å²) in [6.07, 6.45) is 5.28. The van der Waals surface area contributed by atoms with E-state index in [-0.39, 0.29) is 0 Å². The lowest BCUT2D eigenvalue weighted by Crippen LogP contribution is -1.91. The fourth-order valence-corrected chi connectivity index (χ4v) is 3.04. The number of rotatable bonds is 2. The first-order valence-corrected chi connectivity index (χ1v) is 6.72. The molecule has 82 valence electrons. The minimum absolute atomic E-state index is 0.906. The first-order chi connectivity index (χ1) is 7.85. The molecule has 0 aliphatic carbocycles. The topological polar surface area (TPSA) is 22.0 Å². The maximum Gasteiger partial charge on any atom is 0.152 e. The van der Waals surface area contributed by atoms with Crippen molar-refractivity contribution in [1.29, 1.82) is 0 Å². The predicted molar refractivity (Wildman–Crippen MR) is 67.4 cm³/mol. The molecule has 1 aromatic heterocycles. The number of carbonyl (C=O) groups is 1. The quantitative estimate of drug-likeness (QED) is 0.585. The van der Waals surface area contributed by atoms with Crippen LogP contribution in [0.2, 0.25) is 0 Å². The van der Waals surface area contributed by atoms with Gasteiger partial charge in [-0.3, -0.25) is 4.79 Å². The first-order valence-electron chi connectivity index (χ1n) is 5.49. The van der Waals surface area contributed by atoms with E-state index in [1.165, 1.54) is 16.1 Å². The summed E-state index contributed by atoms with van der Waals surface area (Å²) < 4.78 is 2.29. The van der Waals surface area contributed by atoms with Gasteiger partial charge in [-0.15, -0.1) is 11.8 Å². The third kappa shape index (κ3) is 1.24. The highest BCUT2D eigenvalue weighted by Gasteiger charge is 2.20. The number of hydrogen-bond donors (Lipinski definition) is 0. The number of hydrogen-bond acceptors (Lipinski definition) is 2. The smallest absolute Gasteiger partial charge is 0.152 e. The third-order valence-electron chi connectivity index (χ3n) is 3.33. The van der Waals surface area contributed by atoms with E-state index in [0.29, 0.717) is 0 Å². The molecule has 2 nitrogen and oxygen atoms in total. The zero-order valence-electron chi connectivity index (χ0n) is 9.19. The molecule has 1 aromatic carbocycles. The molecule has 0 saturated carbocycles. The molecule has 1 aliphatic heterocycles. The van der Waals surface area contributed by atoms with E-state index in [2.05, 4.69) is 29.0 Å². The summed E-state index contributed by atoms with van der Waals surface area (Å²) in [4.78, 5) is 12.4. The Bertz CT molecular complexity index is 571. The molecule has 1 aliphatic rings. The van der Waals surface area contributed by atoms with Gasteiger partial charge in [0.05, 0.1) is 0 Å². The molecule has 3 rings (SSSR count). The highest BCUT2D eigenvalue weighted by Crippen LogP contribution is 2.32. The van der Waals surface area contributed by atoms with Crippen LogP contribution >= 0.6 is 11.8 Å². The summed E-state index contributed by atoms with van der Waals surface area (Å²) in [6.45, 7) is 1.05. The molecular weight excluding hydrogens is 218 g/mol. The van der Waals surface area contributed by atoms with E-state index in [9.17, 15) is 4.79 Å². The number of aldehydes is 1. The van der Waals surface area contributed by atoms with Gasteiger partial charge in [0.2, 0.25) is 0 Å². The van der Waals surface area contributed by atoms with Crippen molar-refractivity contribution in [3.63, 3.8) is 0 Å². The van der Waals surface area contributed by atoms with E-state index < -0.39 is 0 Å². The van der Waals surface area contributed by atoms with Crippen LogP contribution in [-0.4, -0.2) is 17.1 Å². The van der Waals surface area contributed by atoms with Crippen LogP contribution in [0.3, 0.4) is 0 Å². The summed E-state index contributed by atoms with van der Waals surface area (Å²) in [7, 11) is 0. The SMILES string of the molecule is CSc1ccc2c(c1)c(C=O)c1n2CCC1. The second kappa shape index (κ2) is 3.67. The zero-order valence-corrected chi connectivity index (χ0v) is 10.0. The predicted octanol–water partition coefficient (Wildman–Crippen LogP) is 3.12. The summed E-state index contributed by atoms with van der Waals surface area (Å²) >= 11 is 1.72. The van der Waals surface area contributed by atoms with Gasteiger partial charge in [-0.1, -0.05) is 0 Å². The Labute approximate surface area is 98.6 Å². The average Bonchev–Trinajstić information content (AvgIpc) is 2.87. The van der Waals surface area contributed by atoms with Crippen molar-refractivity contribution in [3.8, 4) is 0 Å². The molecule has 0 radical (unpaired) electrons. The highest BCUT2D eigenvalue weighted by molar-refractivity contribution is 7.98. The molecule has 0 spiro atoms. The van der Waals surface area contributed by atoms with Crippen molar-refractivity contribution in [3.05, 3.63) is 29.5 Å². The monoisotopic (exact) mass is 231 g/mol. The van der Waals surface area contributed by atoms with Crippen molar-refractivity contribution in [2.24, 2.45) is 0 Å². The second-order valence-electron chi connectivity index (χ2n) is 4.12. The van der Waals surface area contributed by atoms with Crippen LogP contribution in [0.25, 0.3) is 10.9 Å². The van der Waals surface area contributed by atoms with E-state index in [1.807, 2.05) is 0 Å². The first kappa shape index (κ1) is 9.97. The lowest BCUT2D eigenvalue weighted by atomic mass is 10.1. The molecule has 0 atom stereocenters. The van der Waals surface area contributed by atoms with Crippen LogP contribution in [0.4, 0.5) is 0 Å². The van der Waals surface area contributed by atoms with Crippen LogP contribution in [0.15, 0.2) is 23.1 Å². The number of aryl methyl sites for hydroxylation is 1. The van der Waals surface area contributed by atoms with Gasteiger partial charge in [0, 0.05) is 33.6 Å². The maximum absolute atomic E-state index is 11.2. The normalized spacial score (nSPS) is 14.3. The number of aromatic nitrogens is 1. The van der Waals surface area contributed by atoms with E-state index in [4.69, 9.17) is 0 Å². The Morgan fingerprint density at radius 1 is 1.44 bits per heavy atom. The van der Waals surface area contributed by atoms with Crippen molar-refractivity contribution in [2.75, 3.05) is 6.26 Å². The molecule has 0 fully saturated rings. The van der Waals surface area contributed by atoms with E-state index >= 15 is 0 Å². The van der Waals surface area contributed by atoms with Gasteiger partial charge in [0.25, 0.3) is 0 Å². The van der Waals surface area contributed by atoms with Crippen molar-refractivity contribution >= 4 is 29.0 Å². The molecule has 2 aromatic rings. The van der Waals surface area contributed by atoms with Crippen molar-refractivity contribution in [1.82, 2.24) is 4.57 Å². The van der Waals surface area contributed by atoms with Crippen LogP contribution in [0.5, 0.6) is 0 Å². The lowest BCUT2D eigenvalue weighted by molar-refractivity contribution is 0.112. The summed E-state index contributed by atoms with van der Waals surface area (Å²) in [5, 5.41) is 1.12. The fourth-order valence-electron chi connectivity index (χ4n) is 2.60. The lowest BCUT2D eigenvalue weighted by Gasteiger charge is -2.00. The summed E-state index contributed by atoms with van der Waals surface area (Å²) in [5.74, 6) is 0. The minimum atomic E-state index is 0.906. The fraction of sp³-hybridized carbons (Fsp3) is 0.308. The Morgan fingerprint density at radius 3 is 3.06 bits per heavy atom. The van der Waals surface area contributed by atoms with Crippen LogP contribution in [-0.2, 0) is 13.0 Å². The molecule has 3 heteroatoms. The van der Waals surface area contributed by atoms with Gasteiger partial charge in [-0.2, -0.15) is 0 Å². The number of thioether (sulfide) groups is 1. The molecule has 0 saturated heterocycles. The Balaban J connectivity index is 2.37. The molecule has 0 amide bonds. The van der Waals surface area contributed by atoms with Crippen molar-refractivity contribution < 1.29 is 4.79 Å². The Hall–Kier alpha value is -1.22. The van der Waals surface area contributed by atoms with Crippen LogP contribution < -0.4 is 0 Å². The highest BCUT2D eigenvalue weighted by atomic mass is 32.2. The Kier molecular flexibility index (Phi) is 2.28. The number of benzene rings is 1. The molecule has 0 N–H and O–H groups in total. The molecule has 16 heavy (non-hydrogen) atoms. The molecule has 0 unspecified atom stereocenters. The van der Waals surface area contributed by atoms with E-state index in [1.54, 1.807) is 11.8 Å². The van der Waals surface area contributed by atoms with Gasteiger partial charge in [0.1, 0.15) is 0 Å². The standard InChI is InChI=1S/C13H13NOS/c1-16-9-4-5-13-10(7-9)11(8-15)12-3-2-6-14(12)13/h4-5,7-8H,2-3,6H2,1H3. The molecule has 0 bridgehead atoms. The largest absolute Gasteiger partial charge is 0.344 e. The summed E-state index contributed by atoms with van der Waals surface area (Å²) in [6, 6.07) is 6.41. The minimum Gasteiger partial charge on any atom is -0.344 e. The number of nitrogens with zero attached hydrogens (tertiary/aromatic N) is 1. The second-order valence-corrected chi connectivity index (χ2v) is 5.00. The van der Waals surface area contributed by atoms with Gasteiger partial charge in [-0.25, -0.2) is 0 Å². The van der Waals surface area contributed by atoms with Gasteiger partial charge in [0.15, 0.2) is 6.29 Å². The van der Waals surface area contributed by atoms with Gasteiger partial charge >= 0.3 is 0 Å². The average molecular weight is 231 g/mol. The number of fused-ring (bicyclic) bond motifs is 3. The zero-order chi connectivity index (χ0) is 11.1. The maximum atomic E-state index is 11.2.